The lowest BCUT2D eigenvalue weighted by molar-refractivity contribution is 0.173. The fourth-order valence-electron chi connectivity index (χ4n) is 1.56. The minimum absolute atomic E-state index is 0.263. The van der Waals surface area contributed by atoms with Crippen molar-refractivity contribution in [2.24, 2.45) is 5.84 Å². The zero-order valence-electron chi connectivity index (χ0n) is 9.38. The van der Waals surface area contributed by atoms with Crippen LogP contribution in [0.1, 0.15) is 4.88 Å². The number of anilines is 1. The number of rotatable bonds is 4. The third-order valence-electron chi connectivity index (χ3n) is 2.40. The van der Waals surface area contributed by atoms with Gasteiger partial charge in [0.2, 0.25) is 6.79 Å². The Morgan fingerprint density at radius 3 is 3.11 bits per heavy atom. The number of hydrazine groups is 1. The number of ether oxygens (including phenoxy) is 3. The minimum atomic E-state index is 0.263. The quantitative estimate of drug-likeness (QED) is 0.647. The van der Waals surface area contributed by atoms with E-state index in [1.807, 2.05) is 18.2 Å². The molecule has 0 saturated carbocycles. The normalized spacial score (nSPS) is 12.5. The van der Waals surface area contributed by atoms with E-state index in [9.17, 15) is 0 Å². The first kappa shape index (κ1) is 11.1. The molecule has 0 saturated heterocycles. The molecule has 0 spiro atoms. The van der Waals surface area contributed by atoms with Gasteiger partial charge < -0.3 is 14.2 Å². The summed E-state index contributed by atoms with van der Waals surface area (Å²) in [5.41, 5.74) is 2.49. The van der Waals surface area contributed by atoms with Crippen LogP contribution < -0.4 is 25.5 Å². The first-order valence-electron chi connectivity index (χ1n) is 5.29. The van der Waals surface area contributed by atoms with Crippen LogP contribution in [-0.2, 0) is 6.61 Å². The molecule has 0 bridgehead atoms. The maximum absolute atomic E-state index is 5.64. The lowest BCUT2D eigenvalue weighted by Crippen LogP contribution is -2.05. The molecule has 2 aromatic rings. The first-order chi connectivity index (χ1) is 8.85. The number of nitrogen functional groups attached to an aromatic ring is 1. The van der Waals surface area contributed by atoms with Crippen LogP contribution >= 0.6 is 11.3 Å². The number of thiazole rings is 1. The molecule has 0 unspecified atom stereocenters. The first-order valence-corrected chi connectivity index (χ1v) is 6.10. The predicted octanol–water partition coefficient (Wildman–Crippen LogP) is 1.74. The number of fused-ring (bicyclic) bond motifs is 1. The SMILES string of the molecule is NNc1ncc(COc2ccc3c(c2)OCO3)s1. The topological polar surface area (TPSA) is 78.6 Å². The van der Waals surface area contributed by atoms with Crippen molar-refractivity contribution in [1.29, 1.82) is 0 Å². The van der Waals surface area contributed by atoms with E-state index in [-0.39, 0.29) is 6.79 Å². The Balaban J connectivity index is 1.66. The Bertz CT molecular complexity index is 558. The molecular weight excluding hydrogens is 254 g/mol. The van der Waals surface area contributed by atoms with Gasteiger partial charge in [-0.15, -0.1) is 0 Å². The van der Waals surface area contributed by atoms with E-state index in [1.54, 1.807) is 6.20 Å². The summed E-state index contributed by atoms with van der Waals surface area (Å²) >= 11 is 1.45. The maximum atomic E-state index is 5.64. The van der Waals surface area contributed by atoms with Gasteiger partial charge >= 0.3 is 0 Å². The molecule has 0 aliphatic carbocycles. The van der Waals surface area contributed by atoms with Crippen LogP contribution in [0, 0.1) is 0 Å². The Morgan fingerprint density at radius 2 is 2.28 bits per heavy atom. The summed E-state index contributed by atoms with van der Waals surface area (Å²) in [6, 6.07) is 5.49. The lowest BCUT2D eigenvalue weighted by atomic mass is 10.3. The Kier molecular flexibility index (Phi) is 2.91. The second-order valence-corrected chi connectivity index (χ2v) is 4.70. The van der Waals surface area contributed by atoms with Gasteiger partial charge in [-0.05, 0) is 12.1 Å². The van der Waals surface area contributed by atoms with E-state index in [0.717, 1.165) is 16.4 Å². The molecule has 1 aromatic carbocycles. The fraction of sp³-hybridized carbons (Fsp3) is 0.182. The van der Waals surface area contributed by atoms with Crippen molar-refractivity contribution < 1.29 is 14.2 Å². The van der Waals surface area contributed by atoms with Crippen molar-refractivity contribution in [3.05, 3.63) is 29.3 Å². The summed E-state index contributed by atoms with van der Waals surface area (Å²) in [6.07, 6.45) is 1.73. The maximum Gasteiger partial charge on any atom is 0.231 e. The van der Waals surface area contributed by atoms with Gasteiger partial charge in [-0.2, -0.15) is 0 Å². The average Bonchev–Trinajstić information content (AvgIpc) is 3.04. The highest BCUT2D eigenvalue weighted by Gasteiger charge is 2.13. The third-order valence-corrected chi connectivity index (χ3v) is 3.30. The predicted molar refractivity (Wildman–Crippen MR) is 66.8 cm³/mol. The van der Waals surface area contributed by atoms with Gasteiger partial charge in [0.15, 0.2) is 16.6 Å². The highest BCUT2D eigenvalue weighted by Crippen LogP contribution is 2.35. The summed E-state index contributed by atoms with van der Waals surface area (Å²) in [5, 5.41) is 0.666. The average molecular weight is 265 g/mol. The molecule has 0 fully saturated rings. The van der Waals surface area contributed by atoms with Crippen LogP contribution in [0.5, 0.6) is 17.2 Å². The smallest absolute Gasteiger partial charge is 0.231 e. The zero-order valence-corrected chi connectivity index (χ0v) is 10.2. The van der Waals surface area contributed by atoms with Crippen molar-refractivity contribution in [1.82, 2.24) is 4.98 Å². The Morgan fingerprint density at radius 1 is 1.39 bits per heavy atom. The largest absolute Gasteiger partial charge is 0.488 e. The fourth-order valence-corrected chi connectivity index (χ4v) is 2.20. The molecule has 2 heterocycles. The van der Waals surface area contributed by atoms with Gasteiger partial charge in [0.05, 0.1) is 4.88 Å². The molecule has 0 atom stereocenters. The van der Waals surface area contributed by atoms with E-state index in [2.05, 4.69) is 10.4 Å². The summed E-state index contributed by atoms with van der Waals surface area (Å²) in [5.74, 6) is 7.44. The van der Waals surface area contributed by atoms with Crippen LogP contribution in [0.25, 0.3) is 0 Å². The molecule has 1 aliphatic rings. The number of nitrogens with two attached hydrogens (primary N) is 1. The molecule has 3 N–H and O–H groups in total. The Labute approximate surface area is 107 Å². The van der Waals surface area contributed by atoms with Crippen LogP contribution in [0.2, 0.25) is 0 Å². The second-order valence-electron chi connectivity index (χ2n) is 3.58. The summed E-state index contributed by atoms with van der Waals surface area (Å²) in [6.45, 7) is 0.706. The van der Waals surface area contributed by atoms with Crippen LogP contribution in [0.3, 0.4) is 0 Å². The second kappa shape index (κ2) is 4.71. The molecule has 1 aromatic heterocycles. The van der Waals surface area contributed by atoms with Crippen molar-refractivity contribution in [2.45, 2.75) is 6.61 Å². The molecule has 0 radical (unpaired) electrons. The monoisotopic (exact) mass is 265 g/mol. The van der Waals surface area contributed by atoms with Gasteiger partial charge in [-0.3, -0.25) is 5.43 Å². The van der Waals surface area contributed by atoms with E-state index in [4.69, 9.17) is 20.1 Å². The summed E-state index contributed by atoms with van der Waals surface area (Å²) < 4.78 is 16.1. The molecule has 3 rings (SSSR count). The van der Waals surface area contributed by atoms with E-state index >= 15 is 0 Å². The zero-order chi connectivity index (χ0) is 12.4. The standard InChI is InChI=1S/C11H11N3O3S/c12-14-11-13-4-8(18-11)5-15-7-1-2-9-10(3-7)17-6-16-9/h1-4H,5-6,12H2,(H,13,14). The number of nitrogens with one attached hydrogen (secondary N) is 1. The highest BCUT2D eigenvalue weighted by atomic mass is 32.1. The van der Waals surface area contributed by atoms with E-state index in [0.29, 0.717) is 17.5 Å². The van der Waals surface area contributed by atoms with Gasteiger partial charge in [-0.1, -0.05) is 11.3 Å². The van der Waals surface area contributed by atoms with Gasteiger partial charge in [0.25, 0.3) is 0 Å². The van der Waals surface area contributed by atoms with Crippen LogP contribution in [0.4, 0.5) is 5.13 Å². The number of aromatic nitrogens is 1. The van der Waals surface area contributed by atoms with Crippen molar-refractivity contribution in [3.63, 3.8) is 0 Å². The van der Waals surface area contributed by atoms with Gasteiger partial charge in [0.1, 0.15) is 12.4 Å². The molecular formula is C11H11N3O3S. The molecule has 7 heteroatoms. The number of benzene rings is 1. The Hall–Kier alpha value is -1.99. The summed E-state index contributed by atoms with van der Waals surface area (Å²) in [7, 11) is 0. The minimum Gasteiger partial charge on any atom is -0.488 e. The molecule has 94 valence electrons. The number of nitrogens with zero attached hydrogens (tertiary/aromatic N) is 1. The van der Waals surface area contributed by atoms with Gasteiger partial charge in [-0.25, -0.2) is 10.8 Å². The van der Waals surface area contributed by atoms with Crippen molar-refractivity contribution >= 4 is 16.5 Å². The molecule has 1 aliphatic heterocycles. The number of hydrogen-bond donors (Lipinski definition) is 2. The lowest BCUT2D eigenvalue weighted by Gasteiger charge is -2.04. The molecule has 0 amide bonds. The van der Waals surface area contributed by atoms with Crippen molar-refractivity contribution in [3.8, 4) is 17.2 Å². The van der Waals surface area contributed by atoms with Crippen LogP contribution in [-0.4, -0.2) is 11.8 Å². The number of hydrogen-bond acceptors (Lipinski definition) is 7. The van der Waals surface area contributed by atoms with Crippen molar-refractivity contribution in [2.75, 3.05) is 12.2 Å². The molecule has 6 nitrogen and oxygen atoms in total. The van der Waals surface area contributed by atoms with Crippen LogP contribution in [0.15, 0.2) is 24.4 Å². The van der Waals surface area contributed by atoms with Gasteiger partial charge in [0, 0.05) is 12.3 Å². The summed E-state index contributed by atoms with van der Waals surface area (Å²) in [4.78, 5) is 5.05. The van der Waals surface area contributed by atoms with E-state index < -0.39 is 0 Å². The molecule has 18 heavy (non-hydrogen) atoms. The van der Waals surface area contributed by atoms with E-state index in [1.165, 1.54) is 11.3 Å². The highest BCUT2D eigenvalue weighted by molar-refractivity contribution is 7.15. The third kappa shape index (κ3) is 2.18.